The van der Waals surface area contributed by atoms with Gasteiger partial charge in [-0.1, -0.05) is 4.98 Å². The fraction of sp³-hybridized carbons (Fsp3) is 0.133. The highest BCUT2D eigenvalue weighted by Crippen LogP contribution is 2.19. The van der Waals surface area contributed by atoms with Crippen molar-refractivity contribution < 1.29 is 18.5 Å². The van der Waals surface area contributed by atoms with Gasteiger partial charge >= 0.3 is 5.95 Å². The summed E-state index contributed by atoms with van der Waals surface area (Å²) in [5.41, 5.74) is 0.456. The number of nitro groups is 1. The standard InChI is InChI=1S/C15H12FN5O4/c16-11-3-5-12(6-4-11)20(8-13-2-1-7-25-13)14(22)9-19-10-17-15(18-19)21(23)24/h1-7,10H,8-9H2. The van der Waals surface area contributed by atoms with Crippen LogP contribution in [0.2, 0.25) is 0 Å². The van der Waals surface area contributed by atoms with E-state index in [0.29, 0.717) is 11.4 Å². The minimum absolute atomic E-state index is 0.119. The maximum Gasteiger partial charge on any atom is 0.490 e. The fourth-order valence-corrected chi connectivity index (χ4v) is 2.17. The van der Waals surface area contributed by atoms with Gasteiger partial charge in [0.2, 0.25) is 6.33 Å². The lowest BCUT2D eigenvalue weighted by molar-refractivity contribution is -0.394. The number of nitrogens with zero attached hydrogens (tertiary/aromatic N) is 5. The summed E-state index contributed by atoms with van der Waals surface area (Å²) in [6.07, 6.45) is 2.58. The van der Waals surface area contributed by atoms with Crippen molar-refractivity contribution in [2.24, 2.45) is 0 Å². The molecule has 0 unspecified atom stereocenters. The SMILES string of the molecule is O=C(Cn1cnc([N+](=O)[O-])n1)N(Cc1ccco1)c1ccc(F)cc1. The summed E-state index contributed by atoms with van der Waals surface area (Å²) in [5, 5.41) is 14.2. The average molecular weight is 345 g/mol. The number of carbonyl (C=O) groups is 1. The first-order valence-corrected chi connectivity index (χ1v) is 7.15. The zero-order valence-electron chi connectivity index (χ0n) is 12.8. The van der Waals surface area contributed by atoms with Gasteiger partial charge in [-0.25, -0.2) is 4.39 Å². The molecular formula is C15H12FN5O4. The van der Waals surface area contributed by atoms with E-state index in [2.05, 4.69) is 10.1 Å². The third-order valence-corrected chi connectivity index (χ3v) is 3.32. The molecule has 2 aromatic heterocycles. The Kier molecular flexibility index (Phi) is 4.50. The molecule has 3 rings (SSSR count). The molecular weight excluding hydrogens is 333 g/mol. The molecule has 2 heterocycles. The molecule has 0 aliphatic rings. The molecule has 10 heteroatoms. The van der Waals surface area contributed by atoms with Gasteiger partial charge in [-0.05, 0) is 41.3 Å². The summed E-state index contributed by atoms with van der Waals surface area (Å²) in [6.45, 7) is -0.146. The second-order valence-corrected chi connectivity index (χ2v) is 5.03. The van der Waals surface area contributed by atoms with Crippen LogP contribution in [0.4, 0.5) is 16.0 Å². The van der Waals surface area contributed by atoms with Crippen molar-refractivity contribution in [2.45, 2.75) is 13.1 Å². The first-order chi connectivity index (χ1) is 12.0. The van der Waals surface area contributed by atoms with Crippen molar-refractivity contribution in [3.63, 3.8) is 0 Å². The van der Waals surface area contributed by atoms with Crippen LogP contribution in [0.3, 0.4) is 0 Å². The highest BCUT2D eigenvalue weighted by molar-refractivity contribution is 5.92. The lowest BCUT2D eigenvalue weighted by Gasteiger charge is -2.21. The number of amides is 1. The Morgan fingerprint density at radius 2 is 2.08 bits per heavy atom. The first-order valence-electron chi connectivity index (χ1n) is 7.15. The molecule has 0 spiro atoms. The fourth-order valence-electron chi connectivity index (χ4n) is 2.17. The summed E-state index contributed by atoms with van der Waals surface area (Å²) < 4.78 is 19.5. The maximum absolute atomic E-state index is 13.1. The molecule has 0 aliphatic heterocycles. The second kappa shape index (κ2) is 6.91. The predicted octanol–water partition coefficient (Wildman–Crippen LogP) is 2.15. The molecule has 0 fully saturated rings. The molecule has 1 amide bonds. The minimum atomic E-state index is -0.748. The highest BCUT2D eigenvalue weighted by atomic mass is 19.1. The van der Waals surface area contributed by atoms with Crippen LogP contribution in [0.25, 0.3) is 0 Å². The van der Waals surface area contributed by atoms with E-state index in [1.165, 1.54) is 35.4 Å². The van der Waals surface area contributed by atoms with Gasteiger partial charge in [-0.2, -0.15) is 4.68 Å². The molecule has 128 valence electrons. The monoisotopic (exact) mass is 345 g/mol. The number of furan rings is 1. The Bertz CT molecular complexity index is 876. The van der Waals surface area contributed by atoms with E-state index in [9.17, 15) is 19.3 Å². The molecule has 0 saturated heterocycles. The quantitative estimate of drug-likeness (QED) is 0.500. The van der Waals surface area contributed by atoms with Crippen LogP contribution in [0.1, 0.15) is 5.76 Å². The zero-order chi connectivity index (χ0) is 17.8. The Labute approximate surface area is 140 Å². The largest absolute Gasteiger partial charge is 0.490 e. The number of carbonyl (C=O) groups excluding carboxylic acids is 1. The van der Waals surface area contributed by atoms with Gasteiger partial charge in [0.15, 0.2) is 0 Å². The van der Waals surface area contributed by atoms with E-state index >= 15 is 0 Å². The molecule has 0 radical (unpaired) electrons. The van der Waals surface area contributed by atoms with Gasteiger partial charge < -0.3 is 19.4 Å². The number of hydrogen-bond donors (Lipinski definition) is 0. The van der Waals surface area contributed by atoms with E-state index in [-0.39, 0.29) is 13.1 Å². The summed E-state index contributed by atoms with van der Waals surface area (Å²) in [6, 6.07) is 8.77. The predicted molar refractivity (Wildman–Crippen MR) is 83.0 cm³/mol. The molecule has 0 saturated carbocycles. The summed E-state index contributed by atoms with van der Waals surface area (Å²) in [5.74, 6) is -0.904. The highest BCUT2D eigenvalue weighted by Gasteiger charge is 2.21. The minimum Gasteiger partial charge on any atom is -0.467 e. The Morgan fingerprint density at radius 1 is 1.32 bits per heavy atom. The van der Waals surface area contributed by atoms with Crippen LogP contribution in [0.5, 0.6) is 0 Å². The number of rotatable bonds is 6. The molecule has 1 aromatic carbocycles. The summed E-state index contributed by atoms with van der Waals surface area (Å²) in [7, 11) is 0. The molecule has 0 bridgehead atoms. The second-order valence-electron chi connectivity index (χ2n) is 5.03. The Hall–Kier alpha value is -3.56. The van der Waals surface area contributed by atoms with Crippen LogP contribution in [-0.4, -0.2) is 25.6 Å². The summed E-state index contributed by atoms with van der Waals surface area (Å²) in [4.78, 5) is 27.4. The van der Waals surface area contributed by atoms with Crippen molar-refractivity contribution in [3.05, 3.63) is 70.7 Å². The van der Waals surface area contributed by atoms with Crippen molar-refractivity contribution in [1.29, 1.82) is 0 Å². The van der Waals surface area contributed by atoms with Crippen molar-refractivity contribution in [3.8, 4) is 0 Å². The maximum atomic E-state index is 13.1. The number of benzene rings is 1. The lowest BCUT2D eigenvalue weighted by Crippen LogP contribution is -2.33. The third-order valence-electron chi connectivity index (χ3n) is 3.32. The van der Waals surface area contributed by atoms with E-state index in [4.69, 9.17) is 4.42 Å². The smallest absolute Gasteiger partial charge is 0.467 e. The van der Waals surface area contributed by atoms with E-state index < -0.39 is 22.6 Å². The number of hydrogen-bond acceptors (Lipinski definition) is 6. The Morgan fingerprint density at radius 3 is 2.68 bits per heavy atom. The van der Waals surface area contributed by atoms with Crippen molar-refractivity contribution in [2.75, 3.05) is 4.90 Å². The van der Waals surface area contributed by atoms with E-state index in [1.807, 2.05) is 0 Å². The summed E-state index contributed by atoms with van der Waals surface area (Å²) >= 11 is 0. The van der Waals surface area contributed by atoms with Crippen LogP contribution < -0.4 is 4.90 Å². The lowest BCUT2D eigenvalue weighted by atomic mass is 10.2. The van der Waals surface area contributed by atoms with E-state index in [0.717, 1.165) is 11.0 Å². The van der Waals surface area contributed by atoms with Gasteiger partial charge in [0.05, 0.1) is 12.8 Å². The molecule has 25 heavy (non-hydrogen) atoms. The first kappa shape index (κ1) is 16.3. The third kappa shape index (κ3) is 3.86. The topological polar surface area (TPSA) is 107 Å². The van der Waals surface area contributed by atoms with Crippen molar-refractivity contribution in [1.82, 2.24) is 14.8 Å². The molecule has 0 aliphatic carbocycles. The van der Waals surface area contributed by atoms with Crippen molar-refractivity contribution >= 4 is 17.5 Å². The number of halogens is 1. The van der Waals surface area contributed by atoms with Crippen LogP contribution in [0, 0.1) is 15.9 Å². The van der Waals surface area contributed by atoms with Crippen LogP contribution >= 0.6 is 0 Å². The Balaban J connectivity index is 1.83. The van der Waals surface area contributed by atoms with Crippen LogP contribution in [0.15, 0.2) is 53.4 Å². The van der Waals surface area contributed by atoms with Gasteiger partial charge in [0.25, 0.3) is 5.91 Å². The zero-order valence-corrected chi connectivity index (χ0v) is 12.8. The normalized spacial score (nSPS) is 10.6. The van der Waals surface area contributed by atoms with E-state index in [1.54, 1.807) is 12.1 Å². The molecule has 3 aromatic rings. The molecule has 9 nitrogen and oxygen atoms in total. The average Bonchev–Trinajstić information content (AvgIpc) is 3.25. The molecule has 0 N–H and O–H groups in total. The van der Waals surface area contributed by atoms with Gasteiger partial charge in [-0.3, -0.25) is 4.79 Å². The number of aromatic nitrogens is 3. The number of anilines is 1. The molecule has 0 atom stereocenters. The van der Waals surface area contributed by atoms with Crippen LogP contribution in [-0.2, 0) is 17.9 Å². The van der Waals surface area contributed by atoms with Gasteiger partial charge in [-0.15, -0.1) is 0 Å². The van der Waals surface area contributed by atoms with Gasteiger partial charge in [0, 0.05) is 10.8 Å². The van der Waals surface area contributed by atoms with Gasteiger partial charge in [0.1, 0.15) is 18.1 Å².